The first-order valence-corrected chi connectivity index (χ1v) is 8.08. The molecule has 126 valence electrons. The summed E-state index contributed by atoms with van der Waals surface area (Å²) in [7, 11) is 0. The molecule has 1 fully saturated rings. The van der Waals surface area contributed by atoms with Gasteiger partial charge in [-0.15, -0.1) is 0 Å². The number of carbonyl (C=O) groups is 1. The van der Waals surface area contributed by atoms with Crippen LogP contribution in [-0.2, 0) is 9.47 Å². The van der Waals surface area contributed by atoms with Gasteiger partial charge in [0.05, 0.1) is 18.9 Å². The van der Waals surface area contributed by atoms with Gasteiger partial charge in [0.25, 0.3) is 0 Å². The summed E-state index contributed by atoms with van der Waals surface area (Å²) < 4.78 is 10.6. The standard InChI is InChI=1S/C18H26N2O3/c1-18(2,3)16(15-7-5-4-6-8-15)19-17(21)23-14-11-20-9-12-22-13-10-20/h4-8H,9-14H2,1-3H3/b19-16+. The van der Waals surface area contributed by atoms with Crippen molar-refractivity contribution in [2.75, 3.05) is 39.5 Å². The Hall–Kier alpha value is -1.72. The molecule has 5 nitrogen and oxygen atoms in total. The Morgan fingerprint density at radius 1 is 1.22 bits per heavy atom. The van der Waals surface area contributed by atoms with E-state index in [1.807, 2.05) is 51.1 Å². The largest absolute Gasteiger partial charge is 0.447 e. The smallest absolute Gasteiger partial charge is 0.433 e. The third kappa shape index (κ3) is 5.77. The third-order valence-corrected chi connectivity index (χ3v) is 3.70. The van der Waals surface area contributed by atoms with Crippen LogP contribution in [0.25, 0.3) is 0 Å². The van der Waals surface area contributed by atoms with Crippen molar-refractivity contribution in [1.82, 2.24) is 4.90 Å². The summed E-state index contributed by atoms with van der Waals surface area (Å²) in [6.45, 7) is 10.5. The van der Waals surface area contributed by atoms with E-state index < -0.39 is 6.09 Å². The van der Waals surface area contributed by atoms with Gasteiger partial charge in [-0.2, -0.15) is 4.99 Å². The number of nitrogens with zero attached hydrogens (tertiary/aromatic N) is 2. The SMILES string of the molecule is CC(C)(C)/C(=N/C(=O)OCCN1CCOCC1)c1ccccc1. The van der Waals surface area contributed by atoms with Gasteiger partial charge in [0.1, 0.15) is 6.61 Å². The fourth-order valence-corrected chi connectivity index (χ4v) is 2.47. The molecular weight excluding hydrogens is 292 g/mol. The van der Waals surface area contributed by atoms with E-state index in [1.165, 1.54) is 0 Å². The van der Waals surface area contributed by atoms with Crippen molar-refractivity contribution in [1.29, 1.82) is 0 Å². The summed E-state index contributed by atoms with van der Waals surface area (Å²) in [5.41, 5.74) is 1.46. The Labute approximate surface area is 138 Å². The predicted octanol–water partition coefficient (Wildman–Crippen LogP) is 2.99. The molecule has 0 unspecified atom stereocenters. The van der Waals surface area contributed by atoms with Crippen molar-refractivity contribution < 1.29 is 14.3 Å². The predicted molar refractivity (Wildman–Crippen MR) is 91.0 cm³/mol. The topological polar surface area (TPSA) is 51.1 Å². The van der Waals surface area contributed by atoms with Gasteiger partial charge in [0.15, 0.2) is 0 Å². The van der Waals surface area contributed by atoms with Crippen LogP contribution in [0.5, 0.6) is 0 Å². The number of benzene rings is 1. The first kappa shape index (κ1) is 17.6. The lowest BCUT2D eigenvalue weighted by molar-refractivity contribution is 0.0288. The van der Waals surface area contributed by atoms with Crippen LogP contribution in [0.4, 0.5) is 4.79 Å². The monoisotopic (exact) mass is 318 g/mol. The molecule has 1 aliphatic heterocycles. The average Bonchev–Trinajstić information content (AvgIpc) is 2.53. The van der Waals surface area contributed by atoms with Crippen LogP contribution >= 0.6 is 0 Å². The van der Waals surface area contributed by atoms with Gasteiger partial charge in [0.2, 0.25) is 0 Å². The number of aliphatic imine (C=N–C) groups is 1. The van der Waals surface area contributed by atoms with E-state index in [9.17, 15) is 4.79 Å². The normalized spacial score (nSPS) is 17.1. The highest BCUT2D eigenvalue weighted by molar-refractivity contribution is 6.08. The summed E-state index contributed by atoms with van der Waals surface area (Å²) in [6, 6.07) is 9.77. The lowest BCUT2D eigenvalue weighted by Crippen LogP contribution is -2.38. The Bertz CT molecular complexity index is 529. The Morgan fingerprint density at radius 3 is 2.48 bits per heavy atom. The minimum atomic E-state index is -0.521. The van der Waals surface area contributed by atoms with Gasteiger partial charge in [-0.1, -0.05) is 51.1 Å². The van der Waals surface area contributed by atoms with Crippen molar-refractivity contribution in [3.05, 3.63) is 35.9 Å². The lowest BCUT2D eigenvalue weighted by atomic mass is 9.85. The van der Waals surface area contributed by atoms with Gasteiger partial charge in [-0.3, -0.25) is 4.90 Å². The zero-order valence-corrected chi connectivity index (χ0v) is 14.2. The summed E-state index contributed by atoms with van der Waals surface area (Å²) in [4.78, 5) is 18.5. The summed E-state index contributed by atoms with van der Waals surface area (Å²) >= 11 is 0. The molecule has 0 radical (unpaired) electrons. The van der Waals surface area contributed by atoms with Gasteiger partial charge in [-0.05, 0) is 5.56 Å². The van der Waals surface area contributed by atoms with E-state index in [0.717, 1.165) is 44.1 Å². The molecule has 2 rings (SSSR count). The fourth-order valence-electron chi connectivity index (χ4n) is 2.47. The van der Waals surface area contributed by atoms with Gasteiger partial charge < -0.3 is 9.47 Å². The molecule has 1 heterocycles. The molecule has 1 amide bonds. The van der Waals surface area contributed by atoms with E-state index in [4.69, 9.17) is 9.47 Å². The molecule has 0 aromatic heterocycles. The minimum Gasteiger partial charge on any atom is -0.447 e. The lowest BCUT2D eigenvalue weighted by Gasteiger charge is -2.26. The van der Waals surface area contributed by atoms with Crippen molar-refractivity contribution in [2.24, 2.45) is 10.4 Å². The molecule has 23 heavy (non-hydrogen) atoms. The highest BCUT2D eigenvalue weighted by Gasteiger charge is 2.22. The van der Waals surface area contributed by atoms with E-state index in [1.54, 1.807) is 0 Å². The van der Waals surface area contributed by atoms with Crippen LogP contribution in [0.15, 0.2) is 35.3 Å². The van der Waals surface area contributed by atoms with Gasteiger partial charge in [0, 0.05) is 25.0 Å². The quantitative estimate of drug-likeness (QED) is 0.801. The van der Waals surface area contributed by atoms with Crippen LogP contribution < -0.4 is 0 Å². The molecule has 0 atom stereocenters. The minimum absolute atomic E-state index is 0.232. The molecule has 1 aromatic rings. The fraction of sp³-hybridized carbons (Fsp3) is 0.556. The Balaban J connectivity index is 1.94. The number of morpholine rings is 1. The first-order valence-electron chi connectivity index (χ1n) is 8.08. The van der Waals surface area contributed by atoms with Crippen molar-refractivity contribution in [3.63, 3.8) is 0 Å². The molecule has 0 saturated carbocycles. The molecule has 1 saturated heterocycles. The van der Waals surface area contributed by atoms with Crippen molar-refractivity contribution in [3.8, 4) is 0 Å². The van der Waals surface area contributed by atoms with Crippen LogP contribution in [0.2, 0.25) is 0 Å². The summed E-state index contributed by atoms with van der Waals surface area (Å²) in [6.07, 6.45) is -0.521. The van der Waals surface area contributed by atoms with E-state index >= 15 is 0 Å². The van der Waals surface area contributed by atoms with Crippen LogP contribution in [0.1, 0.15) is 26.3 Å². The molecule has 0 N–H and O–H groups in total. The van der Waals surface area contributed by atoms with E-state index in [2.05, 4.69) is 9.89 Å². The van der Waals surface area contributed by atoms with Crippen molar-refractivity contribution in [2.45, 2.75) is 20.8 Å². The first-order chi connectivity index (χ1) is 11.0. The second kappa shape index (κ2) is 8.22. The Kier molecular flexibility index (Phi) is 6.30. The molecule has 1 aliphatic rings. The number of rotatable bonds is 4. The highest BCUT2D eigenvalue weighted by Crippen LogP contribution is 2.22. The number of amides is 1. The van der Waals surface area contributed by atoms with Crippen LogP contribution in [0, 0.1) is 5.41 Å². The van der Waals surface area contributed by atoms with Gasteiger partial charge >= 0.3 is 6.09 Å². The molecule has 5 heteroatoms. The van der Waals surface area contributed by atoms with Gasteiger partial charge in [-0.25, -0.2) is 4.79 Å². The average molecular weight is 318 g/mol. The second-order valence-electron chi connectivity index (χ2n) is 6.64. The maximum atomic E-state index is 12.1. The highest BCUT2D eigenvalue weighted by atomic mass is 16.5. The number of carbonyl (C=O) groups excluding carboxylic acids is 1. The summed E-state index contributed by atoms with van der Waals surface area (Å²) in [5.74, 6) is 0. The zero-order chi connectivity index (χ0) is 16.7. The molecule has 0 aliphatic carbocycles. The zero-order valence-electron chi connectivity index (χ0n) is 14.2. The van der Waals surface area contributed by atoms with Crippen LogP contribution in [-0.4, -0.2) is 56.2 Å². The second-order valence-corrected chi connectivity index (χ2v) is 6.64. The van der Waals surface area contributed by atoms with E-state index in [0.29, 0.717) is 6.61 Å². The third-order valence-electron chi connectivity index (χ3n) is 3.70. The summed E-state index contributed by atoms with van der Waals surface area (Å²) in [5, 5.41) is 0. The number of ether oxygens (including phenoxy) is 2. The number of hydrogen-bond donors (Lipinski definition) is 0. The number of hydrogen-bond acceptors (Lipinski definition) is 4. The van der Waals surface area contributed by atoms with Crippen molar-refractivity contribution >= 4 is 11.8 Å². The molecule has 0 bridgehead atoms. The van der Waals surface area contributed by atoms with E-state index in [-0.39, 0.29) is 5.41 Å². The Morgan fingerprint density at radius 2 is 1.87 bits per heavy atom. The molecular formula is C18H26N2O3. The molecule has 1 aromatic carbocycles. The molecule has 0 spiro atoms. The maximum Gasteiger partial charge on any atom is 0.433 e. The maximum absolute atomic E-state index is 12.1. The van der Waals surface area contributed by atoms with Crippen LogP contribution in [0.3, 0.4) is 0 Å².